The van der Waals surface area contributed by atoms with Gasteiger partial charge in [-0.25, -0.2) is 17.8 Å². The highest BCUT2D eigenvalue weighted by molar-refractivity contribution is 7.90. The first-order valence-electron chi connectivity index (χ1n) is 20.5. The molecule has 6 aromatic rings. The molecule has 0 radical (unpaired) electrons. The van der Waals surface area contributed by atoms with Crippen molar-refractivity contribution < 1.29 is 27.5 Å². The molecular weight excluding hydrogens is 869 g/mol. The van der Waals surface area contributed by atoms with E-state index in [2.05, 4.69) is 23.7 Å². The molecule has 0 fully saturated rings. The largest absolute Gasteiger partial charge is 0.488 e. The van der Waals surface area contributed by atoms with Crippen molar-refractivity contribution in [3.8, 4) is 11.4 Å². The van der Waals surface area contributed by atoms with Crippen LogP contribution in [0.5, 0.6) is 5.75 Å². The Balaban J connectivity index is 1.21. The molecule has 15 heteroatoms. The molecule has 0 spiro atoms. The van der Waals surface area contributed by atoms with Crippen molar-refractivity contribution in [2.75, 3.05) is 19.6 Å². The van der Waals surface area contributed by atoms with Crippen LogP contribution in [0.25, 0.3) is 16.5 Å². The van der Waals surface area contributed by atoms with Gasteiger partial charge in [0.15, 0.2) is 5.69 Å². The number of nitrogens with zero attached hydrogens (tertiary/aromatic N) is 4. The first-order valence-corrected chi connectivity index (χ1v) is 23.1. The summed E-state index contributed by atoms with van der Waals surface area (Å²) in [5.74, 6) is -1.24. The number of aromatic nitrogens is 2. The van der Waals surface area contributed by atoms with Gasteiger partial charge in [0.25, 0.3) is 27.7 Å². The lowest BCUT2D eigenvalue weighted by Crippen LogP contribution is -2.37. The molecule has 0 aliphatic carbocycles. The quantitative estimate of drug-likeness (QED) is 0.109. The topological polar surface area (TPSA) is 131 Å². The lowest BCUT2D eigenvalue weighted by atomic mass is 9.98. The van der Waals surface area contributed by atoms with Crippen LogP contribution in [-0.4, -0.2) is 65.4 Å². The third-order valence-electron chi connectivity index (χ3n) is 11.0. The number of amides is 3. The van der Waals surface area contributed by atoms with E-state index in [0.717, 1.165) is 47.8 Å². The monoisotopic (exact) mass is 913 g/mol. The Hall–Kier alpha value is -5.40. The van der Waals surface area contributed by atoms with E-state index in [1.165, 1.54) is 35.0 Å². The Bertz CT molecular complexity index is 2780. The van der Waals surface area contributed by atoms with Crippen LogP contribution in [0.1, 0.15) is 93.1 Å². The molecular formula is C47H46Cl3N5O6S. The van der Waals surface area contributed by atoms with Crippen LogP contribution in [0.2, 0.25) is 15.1 Å². The Morgan fingerprint density at radius 2 is 1.58 bits per heavy atom. The van der Waals surface area contributed by atoms with Crippen LogP contribution in [0.15, 0.2) is 102 Å². The fourth-order valence-electron chi connectivity index (χ4n) is 7.44. The molecule has 7 rings (SSSR count). The molecule has 0 unspecified atom stereocenters. The summed E-state index contributed by atoms with van der Waals surface area (Å²) in [5.41, 5.74) is 3.67. The smallest absolute Gasteiger partial charge is 0.275 e. The third-order valence-corrected chi connectivity index (χ3v) is 13.5. The molecule has 2 heterocycles. The number of nitrogens with one attached hydrogen (secondary N) is 1. The van der Waals surface area contributed by atoms with Gasteiger partial charge in [-0.3, -0.25) is 14.4 Å². The molecule has 322 valence electrons. The zero-order chi connectivity index (χ0) is 44.1. The average molecular weight is 915 g/mol. The van der Waals surface area contributed by atoms with Crippen LogP contribution in [0.4, 0.5) is 0 Å². The summed E-state index contributed by atoms with van der Waals surface area (Å²) in [6.07, 6.45) is 4.08. The number of unbranched alkanes of at least 4 members (excludes halogenated alkanes) is 2. The van der Waals surface area contributed by atoms with Crippen molar-refractivity contribution in [2.45, 2.75) is 70.9 Å². The second kappa shape index (κ2) is 19.3. The van der Waals surface area contributed by atoms with Crippen LogP contribution >= 0.6 is 34.8 Å². The van der Waals surface area contributed by atoms with Gasteiger partial charge in [0.2, 0.25) is 0 Å². The minimum Gasteiger partial charge on any atom is -0.488 e. The third kappa shape index (κ3) is 9.63. The van der Waals surface area contributed by atoms with E-state index in [1.807, 2.05) is 30.3 Å². The normalized spacial score (nSPS) is 12.6. The highest BCUT2D eigenvalue weighted by atomic mass is 35.5. The number of hydrogen-bond donors (Lipinski definition) is 1. The van der Waals surface area contributed by atoms with E-state index in [1.54, 1.807) is 53.1 Å². The minimum absolute atomic E-state index is 0.0629. The molecule has 0 atom stereocenters. The lowest BCUT2D eigenvalue weighted by Gasteiger charge is -2.29. The molecule has 11 nitrogen and oxygen atoms in total. The van der Waals surface area contributed by atoms with Crippen molar-refractivity contribution in [1.82, 2.24) is 24.3 Å². The van der Waals surface area contributed by atoms with E-state index >= 15 is 0 Å². The van der Waals surface area contributed by atoms with Crippen LogP contribution < -0.4 is 9.46 Å². The summed E-state index contributed by atoms with van der Waals surface area (Å²) in [6.45, 7) is 7.82. The highest BCUT2D eigenvalue weighted by Gasteiger charge is 2.30. The van der Waals surface area contributed by atoms with E-state index in [9.17, 15) is 22.8 Å². The van der Waals surface area contributed by atoms with Crippen molar-refractivity contribution in [2.24, 2.45) is 0 Å². The van der Waals surface area contributed by atoms with Crippen LogP contribution in [-0.2, 0) is 29.6 Å². The number of ether oxygens (including phenoxy) is 1. The Kier molecular flexibility index (Phi) is 13.9. The number of halogens is 3. The SMILES string of the molecule is CCCCN(CCCC)C(=O)c1nn(-c2ccc(C(=O)NS(=O)(=O)c3ccc4cccc(OCc5ccc(Cl)c(Cl)c5)c4c3)cc2C(=O)N2CCc3ccccc3C2)c(C)c1Cl. The van der Waals surface area contributed by atoms with E-state index in [4.69, 9.17) is 39.5 Å². The molecule has 0 bridgehead atoms. The second-order valence-corrected chi connectivity index (χ2v) is 18.1. The van der Waals surface area contributed by atoms with Gasteiger partial charge in [-0.15, -0.1) is 0 Å². The van der Waals surface area contributed by atoms with Crippen molar-refractivity contribution in [1.29, 1.82) is 0 Å². The second-order valence-electron chi connectivity index (χ2n) is 15.2. The number of sulfonamides is 1. The predicted molar refractivity (Wildman–Crippen MR) is 243 cm³/mol. The van der Waals surface area contributed by atoms with Crippen molar-refractivity contribution >= 4 is 73.3 Å². The summed E-state index contributed by atoms with van der Waals surface area (Å²) < 4.78 is 37.5. The molecule has 0 saturated carbocycles. The fraction of sp³-hybridized carbons (Fsp3) is 0.277. The van der Waals surface area contributed by atoms with Gasteiger partial charge < -0.3 is 14.5 Å². The van der Waals surface area contributed by atoms with E-state index < -0.39 is 21.8 Å². The van der Waals surface area contributed by atoms with Gasteiger partial charge in [-0.05, 0) is 96.8 Å². The zero-order valence-electron chi connectivity index (χ0n) is 34.6. The molecule has 1 aliphatic heterocycles. The highest BCUT2D eigenvalue weighted by Crippen LogP contribution is 2.32. The molecule has 1 aliphatic rings. The summed E-state index contributed by atoms with van der Waals surface area (Å²) in [5, 5.41) is 6.87. The first-order chi connectivity index (χ1) is 29.8. The molecule has 1 N–H and O–H groups in total. The Labute approximate surface area is 376 Å². The Morgan fingerprint density at radius 1 is 0.839 bits per heavy atom. The van der Waals surface area contributed by atoms with E-state index in [0.29, 0.717) is 59.5 Å². The number of benzene rings is 5. The maximum absolute atomic E-state index is 14.6. The van der Waals surface area contributed by atoms with Crippen LogP contribution in [0.3, 0.4) is 0 Å². The molecule has 62 heavy (non-hydrogen) atoms. The van der Waals surface area contributed by atoms with Gasteiger partial charge in [0.1, 0.15) is 12.4 Å². The van der Waals surface area contributed by atoms with Gasteiger partial charge in [0.05, 0.1) is 36.9 Å². The summed E-state index contributed by atoms with van der Waals surface area (Å²) in [6, 6.07) is 27.1. The van der Waals surface area contributed by atoms with Gasteiger partial charge in [0, 0.05) is 37.1 Å². The molecule has 3 amide bonds. The zero-order valence-corrected chi connectivity index (χ0v) is 37.7. The maximum Gasteiger partial charge on any atom is 0.275 e. The fourth-order valence-corrected chi connectivity index (χ4v) is 8.96. The number of hydrogen-bond acceptors (Lipinski definition) is 7. The van der Waals surface area contributed by atoms with Gasteiger partial charge in [-0.2, -0.15) is 5.10 Å². The summed E-state index contributed by atoms with van der Waals surface area (Å²) in [4.78, 5) is 45.7. The van der Waals surface area contributed by atoms with E-state index in [-0.39, 0.29) is 44.9 Å². The molecule has 1 aromatic heterocycles. The summed E-state index contributed by atoms with van der Waals surface area (Å²) >= 11 is 19.1. The summed E-state index contributed by atoms with van der Waals surface area (Å²) in [7, 11) is -4.44. The average Bonchev–Trinajstić information content (AvgIpc) is 3.58. The first kappa shape index (κ1) is 44.6. The Morgan fingerprint density at radius 3 is 2.31 bits per heavy atom. The number of carbonyl (C=O) groups is 3. The predicted octanol–water partition coefficient (Wildman–Crippen LogP) is 10.2. The number of rotatable bonds is 15. The van der Waals surface area contributed by atoms with Gasteiger partial charge in [-0.1, -0.05) is 110 Å². The maximum atomic E-state index is 14.6. The van der Waals surface area contributed by atoms with Crippen molar-refractivity contribution in [3.05, 3.63) is 151 Å². The molecule has 5 aromatic carbocycles. The van der Waals surface area contributed by atoms with Gasteiger partial charge >= 0.3 is 0 Å². The van der Waals surface area contributed by atoms with Crippen LogP contribution in [0, 0.1) is 6.92 Å². The minimum atomic E-state index is -4.44. The molecule has 0 saturated heterocycles. The standard InChI is InChI=1S/C47H46Cl3N5O6S/c1-4-6-22-53(23-7-5-2)47(58)44-43(50)30(3)55(51-44)41-20-17-34(26-38(41)46(57)54-24-21-32-11-8-9-12-35(32)28-54)45(56)52-62(59,60)36-18-16-33-13-10-14-42(37(33)27-36)61-29-31-15-19-39(48)40(49)25-31/h8-20,25-27H,4-7,21-24,28-29H2,1-3H3,(H,52,56). The number of carbonyl (C=O) groups excluding carboxylic acids is 3. The lowest BCUT2D eigenvalue weighted by molar-refractivity contribution is 0.0732. The van der Waals surface area contributed by atoms with Crippen molar-refractivity contribution in [3.63, 3.8) is 0 Å². The number of fused-ring (bicyclic) bond motifs is 2.